The molecule has 4 rings (SSSR count). The van der Waals surface area contributed by atoms with E-state index < -0.39 is 5.97 Å². The van der Waals surface area contributed by atoms with Crippen molar-refractivity contribution in [3.8, 4) is 0 Å². The van der Waals surface area contributed by atoms with Crippen LogP contribution in [0.2, 0.25) is 0 Å². The maximum absolute atomic E-state index is 12.6. The normalized spacial score (nSPS) is 11.8. The molecule has 2 aromatic carbocycles. The first-order valence-corrected chi connectivity index (χ1v) is 10.2. The van der Waals surface area contributed by atoms with E-state index in [1.165, 1.54) is 0 Å². The van der Waals surface area contributed by atoms with Crippen LogP contribution in [0.3, 0.4) is 0 Å². The summed E-state index contributed by atoms with van der Waals surface area (Å²) >= 11 is 0. The molecule has 1 unspecified atom stereocenters. The lowest BCUT2D eigenvalue weighted by molar-refractivity contribution is -0.137. The summed E-state index contributed by atoms with van der Waals surface area (Å²) in [6, 6.07) is 18.8. The number of carboxylic acid groups (broad SMARTS) is 1. The predicted octanol–water partition coefficient (Wildman–Crippen LogP) is 4.73. The highest BCUT2D eigenvalue weighted by molar-refractivity contribution is 5.93. The number of carboxylic acids is 1. The van der Waals surface area contributed by atoms with Gasteiger partial charge in [0.15, 0.2) is 5.58 Å². The lowest BCUT2D eigenvalue weighted by atomic mass is 10.0. The van der Waals surface area contributed by atoms with Crippen LogP contribution in [-0.2, 0) is 16.0 Å². The number of nitrogens with one attached hydrogen (secondary N) is 2. The first-order valence-electron chi connectivity index (χ1n) is 10.2. The summed E-state index contributed by atoms with van der Waals surface area (Å²) in [5.41, 5.74) is 3.95. The minimum atomic E-state index is -0.915. The van der Waals surface area contributed by atoms with Crippen molar-refractivity contribution in [1.82, 2.24) is 9.97 Å². The minimum absolute atomic E-state index is 0.0681. The fourth-order valence-electron chi connectivity index (χ4n) is 3.43. The quantitative estimate of drug-likeness (QED) is 0.370. The maximum atomic E-state index is 12.6. The van der Waals surface area contributed by atoms with Crippen molar-refractivity contribution < 1.29 is 19.1 Å². The van der Waals surface area contributed by atoms with Crippen molar-refractivity contribution in [3.05, 3.63) is 78.1 Å². The van der Waals surface area contributed by atoms with Gasteiger partial charge in [-0.05, 0) is 42.0 Å². The second-order valence-corrected chi connectivity index (χ2v) is 7.47. The van der Waals surface area contributed by atoms with Crippen LogP contribution in [0.1, 0.15) is 30.5 Å². The predicted molar refractivity (Wildman–Crippen MR) is 121 cm³/mol. The zero-order valence-corrected chi connectivity index (χ0v) is 17.4. The minimum Gasteiger partial charge on any atom is -0.481 e. The molecular weight excluding hydrogens is 408 g/mol. The monoisotopic (exact) mass is 430 g/mol. The fourth-order valence-corrected chi connectivity index (χ4v) is 3.43. The molecule has 32 heavy (non-hydrogen) atoms. The van der Waals surface area contributed by atoms with E-state index in [0.29, 0.717) is 28.5 Å². The van der Waals surface area contributed by atoms with E-state index in [-0.39, 0.29) is 24.7 Å². The van der Waals surface area contributed by atoms with Gasteiger partial charge < -0.3 is 20.2 Å². The number of hydrogen-bond acceptors (Lipinski definition) is 6. The van der Waals surface area contributed by atoms with E-state index in [1.54, 1.807) is 31.3 Å². The molecule has 0 saturated carbocycles. The fraction of sp³-hybridized carbons (Fsp3) is 0.167. The molecule has 0 aliphatic rings. The maximum Gasteiger partial charge on any atom is 0.304 e. The lowest BCUT2D eigenvalue weighted by Gasteiger charge is -2.14. The largest absolute Gasteiger partial charge is 0.481 e. The number of nitrogens with zero attached hydrogens (tertiary/aromatic N) is 2. The number of fused-ring (bicyclic) bond motifs is 1. The summed E-state index contributed by atoms with van der Waals surface area (Å²) in [7, 11) is 0. The Morgan fingerprint density at radius 1 is 1.09 bits per heavy atom. The highest BCUT2D eigenvalue weighted by Gasteiger charge is 2.17. The van der Waals surface area contributed by atoms with Crippen molar-refractivity contribution in [1.29, 1.82) is 0 Å². The topological polar surface area (TPSA) is 117 Å². The number of carbonyl (C=O) groups excluding carboxylic acids is 1. The van der Waals surface area contributed by atoms with Gasteiger partial charge in [0.2, 0.25) is 5.91 Å². The molecule has 8 heteroatoms. The molecule has 0 fully saturated rings. The third kappa shape index (κ3) is 5.10. The molecule has 1 atom stereocenters. The molecule has 4 aromatic rings. The van der Waals surface area contributed by atoms with Crippen molar-refractivity contribution in [2.24, 2.45) is 0 Å². The number of carbonyl (C=O) groups is 2. The number of amides is 1. The van der Waals surface area contributed by atoms with E-state index in [9.17, 15) is 9.59 Å². The summed E-state index contributed by atoms with van der Waals surface area (Å²) in [6.45, 7) is 1.77. The molecule has 3 N–H and O–H groups in total. The number of hydrogen-bond donors (Lipinski definition) is 3. The summed E-state index contributed by atoms with van der Waals surface area (Å²) in [5.74, 6) is -1.48. The van der Waals surface area contributed by atoms with Crippen LogP contribution < -0.4 is 10.6 Å². The molecule has 0 aliphatic heterocycles. The van der Waals surface area contributed by atoms with E-state index in [1.807, 2.05) is 42.5 Å². The Morgan fingerprint density at radius 3 is 2.69 bits per heavy atom. The zero-order valence-electron chi connectivity index (χ0n) is 17.4. The molecule has 1 amide bonds. The van der Waals surface area contributed by atoms with Gasteiger partial charge in [-0.25, -0.2) is 0 Å². The second-order valence-electron chi connectivity index (χ2n) is 7.47. The average Bonchev–Trinajstić information content (AvgIpc) is 3.15. The number of aromatic nitrogens is 2. The van der Waals surface area contributed by atoms with Gasteiger partial charge in [-0.2, -0.15) is 4.98 Å². The van der Waals surface area contributed by atoms with Crippen LogP contribution >= 0.6 is 0 Å². The molecule has 0 saturated heterocycles. The lowest BCUT2D eigenvalue weighted by Crippen LogP contribution is -2.17. The van der Waals surface area contributed by atoms with Crippen LogP contribution in [0.5, 0.6) is 0 Å². The number of anilines is 3. The molecular formula is C24H22N4O4. The average molecular weight is 430 g/mol. The highest BCUT2D eigenvalue weighted by atomic mass is 16.4. The first-order chi connectivity index (χ1) is 15.5. The Hall–Kier alpha value is -4.20. The Morgan fingerprint density at radius 2 is 1.91 bits per heavy atom. The van der Waals surface area contributed by atoms with Gasteiger partial charge in [0, 0.05) is 17.8 Å². The smallest absolute Gasteiger partial charge is 0.304 e. The van der Waals surface area contributed by atoms with Crippen LogP contribution in [0.4, 0.5) is 17.4 Å². The van der Waals surface area contributed by atoms with Crippen LogP contribution in [0, 0.1) is 0 Å². The molecule has 0 radical (unpaired) electrons. The van der Waals surface area contributed by atoms with E-state index in [2.05, 4.69) is 20.6 Å². The molecule has 0 bridgehead atoms. The Bertz CT molecular complexity index is 1250. The van der Waals surface area contributed by atoms with Gasteiger partial charge in [-0.1, -0.05) is 31.2 Å². The second kappa shape index (κ2) is 9.30. The number of aliphatic carboxylic acids is 1. The third-order valence-electron chi connectivity index (χ3n) is 4.90. The molecule has 8 nitrogen and oxygen atoms in total. The first kappa shape index (κ1) is 21.0. The molecule has 2 heterocycles. The summed E-state index contributed by atoms with van der Waals surface area (Å²) in [6.07, 6.45) is 1.64. The number of para-hydroxylation sites is 1. The van der Waals surface area contributed by atoms with Crippen molar-refractivity contribution in [2.45, 2.75) is 25.7 Å². The van der Waals surface area contributed by atoms with Gasteiger partial charge in [-0.3, -0.25) is 14.6 Å². The van der Waals surface area contributed by atoms with Gasteiger partial charge >= 0.3 is 5.97 Å². The van der Waals surface area contributed by atoms with Crippen molar-refractivity contribution in [2.75, 3.05) is 10.6 Å². The molecule has 0 aliphatic carbocycles. The van der Waals surface area contributed by atoms with Crippen LogP contribution in [0.15, 0.2) is 71.3 Å². The number of pyridine rings is 1. The van der Waals surface area contributed by atoms with Crippen LogP contribution in [0.25, 0.3) is 11.1 Å². The van der Waals surface area contributed by atoms with Gasteiger partial charge in [0.1, 0.15) is 5.52 Å². The standard InChI is InChI=1S/C24H22N4O4/c1-15(12-22(30)31)23-19(8-5-11-25-23)27-21(29)14-16-9-10-18-20(13-16)32-24(28-18)26-17-6-3-2-4-7-17/h2-11,13,15H,12,14H2,1H3,(H,26,28)(H,27,29)(H,30,31). The number of benzene rings is 2. The Kier molecular flexibility index (Phi) is 6.12. The van der Waals surface area contributed by atoms with Crippen LogP contribution in [-0.4, -0.2) is 27.0 Å². The highest BCUT2D eigenvalue weighted by Crippen LogP contribution is 2.26. The zero-order chi connectivity index (χ0) is 22.5. The van der Waals surface area contributed by atoms with Crippen molar-refractivity contribution >= 4 is 40.4 Å². The number of oxazole rings is 1. The third-order valence-corrected chi connectivity index (χ3v) is 4.90. The number of rotatable bonds is 8. The van der Waals surface area contributed by atoms with Crippen molar-refractivity contribution in [3.63, 3.8) is 0 Å². The summed E-state index contributed by atoms with van der Waals surface area (Å²) < 4.78 is 5.78. The van der Waals surface area contributed by atoms with E-state index >= 15 is 0 Å². The Balaban J connectivity index is 1.46. The molecule has 2 aromatic heterocycles. The summed E-state index contributed by atoms with van der Waals surface area (Å²) in [5, 5.41) is 15.0. The van der Waals surface area contributed by atoms with Gasteiger partial charge in [0.05, 0.1) is 24.2 Å². The SMILES string of the molecule is CC(CC(=O)O)c1ncccc1NC(=O)Cc1ccc2nc(Nc3ccccc3)oc2c1. The van der Waals surface area contributed by atoms with Gasteiger partial charge in [0.25, 0.3) is 6.01 Å². The van der Waals surface area contributed by atoms with Gasteiger partial charge in [-0.15, -0.1) is 0 Å². The summed E-state index contributed by atoms with van der Waals surface area (Å²) in [4.78, 5) is 32.4. The Labute approximate surface area is 184 Å². The molecule has 162 valence electrons. The molecule has 0 spiro atoms. The van der Waals surface area contributed by atoms with E-state index in [4.69, 9.17) is 9.52 Å². The van der Waals surface area contributed by atoms with E-state index in [0.717, 1.165) is 11.3 Å².